The zero-order chi connectivity index (χ0) is 20.4. The van der Waals surface area contributed by atoms with Crippen molar-refractivity contribution in [3.05, 3.63) is 55.9 Å². The number of thioether (sulfide) groups is 1. The predicted molar refractivity (Wildman–Crippen MR) is 118 cm³/mol. The summed E-state index contributed by atoms with van der Waals surface area (Å²) in [5.74, 6) is 1.42. The number of hydrogen-bond donors (Lipinski definition) is 2. The maximum absolute atomic E-state index is 12.6. The van der Waals surface area contributed by atoms with Crippen LogP contribution in [0.1, 0.15) is 46.0 Å². The largest absolute Gasteiger partial charge is 0.351 e. The van der Waals surface area contributed by atoms with Crippen molar-refractivity contribution in [3.63, 3.8) is 0 Å². The summed E-state index contributed by atoms with van der Waals surface area (Å²) in [4.78, 5) is 35.0. The minimum atomic E-state index is -0.182. The molecule has 0 unspecified atom stereocenters. The van der Waals surface area contributed by atoms with Crippen molar-refractivity contribution in [2.45, 2.75) is 45.3 Å². The van der Waals surface area contributed by atoms with E-state index in [0.29, 0.717) is 44.7 Å². The van der Waals surface area contributed by atoms with Crippen LogP contribution in [0, 0.1) is 26.7 Å². The number of rotatable bonds is 6. The van der Waals surface area contributed by atoms with Crippen LogP contribution >= 0.6 is 23.1 Å². The normalized spacial score (nSPS) is 11.4. The zero-order valence-corrected chi connectivity index (χ0v) is 18.4. The molecule has 0 atom stereocenters. The van der Waals surface area contributed by atoms with E-state index in [1.54, 1.807) is 11.8 Å². The van der Waals surface area contributed by atoms with Gasteiger partial charge in [-0.15, -0.1) is 23.1 Å². The fourth-order valence-electron chi connectivity index (χ4n) is 2.86. The van der Waals surface area contributed by atoms with Gasteiger partial charge in [-0.1, -0.05) is 31.5 Å². The van der Waals surface area contributed by atoms with Crippen molar-refractivity contribution in [1.29, 1.82) is 0 Å². The third-order valence-electron chi connectivity index (χ3n) is 4.43. The molecule has 0 aliphatic carbocycles. The fourth-order valence-corrected chi connectivity index (χ4v) is 4.97. The molecule has 28 heavy (non-hydrogen) atoms. The van der Waals surface area contributed by atoms with Gasteiger partial charge in [0, 0.05) is 11.4 Å². The maximum Gasteiger partial charge on any atom is 0.261 e. The second kappa shape index (κ2) is 8.49. The molecule has 148 valence electrons. The summed E-state index contributed by atoms with van der Waals surface area (Å²) < 4.78 is 0. The summed E-state index contributed by atoms with van der Waals surface area (Å²) in [5.41, 5.74) is 2.92. The van der Waals surface area contributed by atoms with Crippen LogP contribution in [0.2, 0.25) is 0 Å². The molecule has 0 aliphatic heterocycles. The maximum atomic E-state index is 12.6. The smallest absolute Gasteiger partial charge is 0.261 e. The minimum Gasteiger partial charge on any atom is -0.351 e. The Morgan fingerprint density at radius 1 is 1.29 bits per heavy atom. The molecule has 2 N–H and O–H groups in total. The first-order valence-corrected chi connectivity index (χ1v) is 11.1. The Bertz CT molecular complexity index is 1080. The highest BCUT2D eigenvalue weighted by Gasteiger charge is 2.19. The van der Waals surface area contributed by atoms with E-state index in [-0.39, 0.29) is 11.5 Å². The van der Waals surface area contributed by atoms with Crippen molar-refractivity contribution in [3.8, 4) is 0 Å². The first kappa shape index (κ1) is 20.6. The molecular weight excluding hydrogens is 390 g/mol. The standard InChI is InChI=1S/C21H25N3O2S2/c1-11(2)9-22-20(26)18-14(5)17-19(25)23-16(24-21(17)28-18)10-27-15-8-12(3)6-7-13(15)4/h6-8,11H,9-10H2,1-5H3,(H,22,26)(H,23,24,25). The number of H-pyrrole nitrogens is 1. The number of hydrogen-bond acceptors (Lipinski definition) is 5. The lowest BCUT2D eigenvalue weighted by Gasteiger charge is -2.06. The molecule has 1 aromatic carbocycles. The summed E-state index contributed by atoms with van der Waals surface area (Å²) in [6, 6.07) is 6.33. The number of nitrogens with zero attached hydrogens (tertiary/aromatic N) is 1. The highest BCUT2D eigenvalue weighted by molar-refractivity contribution is 7.98. The lowest BCUT2D eigenvalue weighted by Crippen LogP contribution is -2.27. The predicted octanol–water partition coefficient (Wildman–Crippen LogP) is 4.59. The van der Waals surface area contributed by atoms with Crippen LogP contribution in [0.4, 0.5) is 0 Å². The van der Waals surface area contributed by atoms with Gasteiger partial charge >= 0.3 is 0 Å². The number of carbonyl (C=O) groups is 1. The lowest BCUT2D eigenvalue weighted by atomic mass is 10.2. The number of benzene rings is 1. The summed E-state index contributed by atoms with van der Waals surface area (Å²) in [5, 5.41) is 3.43. The van der Waals surface area contributed by atoms with Gasteiger partial charge in [-0.05, 0) is 43.9 Å². The Morgan fingerprint density at radius 2 is 2.04 bits per heavy atom. The second-order valence-electron chi connectivity index (χ2n) is 7.41. The third-order valence-corrected chi connectivity index (χ3v) is 6.79. The third kappa shape index (κ3) is 4.47. The van der Waals surface area contributed by atoms with E-state index in [2.05, 4.69) is 47.3 Å². The van der Waals surface area contributed by atoms with E-state index in [0.717, 1.165) is 0 Å². The van der Waals surface area contributed by atoms with E-state index < -0.39 is 0 Å². The number of amides is 1. The van der Waals surface area contributed by atoms with Gasteiger partial charge in [0.05, 0.1) is 16.0 Å². The van der Waals surface area contributed by atoms with Gasteiger partial charge in [0.1, 0.15) is 10.7 Å². The molecule has 7 heteroatoms. The summed E-state index contributed by atoms with van der Waals surface area (Å²) in [6.07, 6.45) is 0. The summed E-state index contributed by atoms with van der Waals surface area (Å²) in [7, 11) is 0. The Hall–Kier alpha value is -2.12. The van der Waals surface area contributed by atoms with Crippen molar-refractivity contribution in [2.24, 2.45) is 5.92 Å². The zero-order valence-electron chi connectivity index (χ0n) is 16.8. The van der Waals surface area contributed by atoms with Crippen LogP contribution in [0.3, 0.4) is 0 Å². The van der Waals surface area contributed by atoms with Crippen LogP contribution in [0.25, 0.3) is 10.2 Å². The number of fused-ring (bicyclic) bond motifs is 1. The fraction of sp³-hybridized carbons (Fsp3) is 0.381. The van der Waals surface area contributed by atoms with Crippen LogP contribution in [0.15, 0.2) is 27.9 Å². The molecular formula is C21H25N3O2S2. The van der Waals surface area contributed by atoms with E-state index in [4.69, 9.17) is 0 Å². The van der Waals surface area contributed by atoms with Crippen molar-refractivity contribution >= 4 is 39.2 Å². The van der Waals surface area contributed by atoms with Crippen LogP contribution in [-0.2, 0) is 5.75 Å². The highest BCUT2D eigenvalue weighted by atomic mass is 32.2. The molecule has 0 saturated heterocycles. The van der Waals surface area contributed by atoms with E-state index in [1.165, 1.54) is 27.4 Å². The number of nitrogens with one attached hydrogen (secondary N) is 2. The van der Waals surface area contributed by atoms with E-state index >= 15 is 0 Å². The number of aromatic amines is 1. The SMILES string of the molecule is Cc1ccc(C)c(SCc2nc3sc(C(=O)NCC(C)C)c(C)c3c(=O)[nH]2)c1. The number of aromatic nitrogens is 2. The van der Waals surface area contributed by atoms with Crippen LogP contribution < -0.4 is 10.9 Å². The molecule has 1 amide bonds. The Balaban J connectivity index is 1.87. The van der Waals surface area contributed by atoms with Gasteiger partial charge < -0.3 is 10.3 Å². The van der Waals surface area contributed by atoms with Gasteiger partial charge in [-0.3, -0.25) is 9.59 Å². The molecule has 3 aromatic rings. The topological polar surface area (TPSA) is 74.8 Å². The average molecular weight is 416 g/mol. The molecule has 5 nitrogen and oxygen atoms in total. The Morgan fingerprint density at radius 3 is 2.75 bits per heavy atom. The molecule has 0 saturated carbocycles. The molecule has 0 radical (unpaired) electrons. The molecule has 0 fully saturated rings. The Kier molecular flexibility index (Phi) is 6.25. The van der Waals surface area contributed by atoms with Gasteiger partial charge in [0.2, 0.25) is 0 Å². The van der Waals surface area contributed by atoms with Gasteiger partial charge in [0.15, 0.2) is 0 Å². The van der Waals surface area contributed by atoms with E-state index in [9.17, 15) is 9.59 Å². The monoisotopic (exact) mass is 415 g/mol. The minimum absolute atomic E-state index is 0.139. The highest BCUT2D eigenvalue weighted by Crippen LogP contribution is 2.29. The van der Waals surface area contributed by atoms with Crippen LogP contribution in [0.5, 0.6) is 0 Å². The summed E-state index contributed by atoms with van der Waals surface area (Å²) >= 11 is 2.94. The van der Waals surface area contributed by atoms with Crippen molar-refractivity contribution in [2.75, 3.05) is 6.54 Å². The molecule has 0 spiro atoms. The quantitative estimate of drug-likeness (QED) is 0.578. The number of aryl methyl sites for hydroxylation is 3. The number of thiophene rings is 1. The first-order chi connectivity index (χ1) is 13.3. The van der Waals surface area contributed by atoms with Crippen molar-refractivity contribution < 1.29 is 4.79 Å². The first-order valence-electron chi connectivity index (χ1n) is 9.26. The summed E-state index contributed by atoms with van der Waals surface area (Å²) in [6.45, 7) is 10.6. The lowest BCUT2D eigenvalue weighted by molar-refractivity contribution is 0.0952. The molecule has 2 aromatic heterocycles. The van der Waals surface area contributed by atoms with Gasteiger partial charge in [-0.25, -0.2) is 4.98 Å². The molecule has 3 rings (SSSR count). The number of carbonyl (C=O) groups excluding carboxylic acids is 1. The average Bonchev–Trinajstić information content (AvgIpc) is 2.97. The molecule has 0 aliphatic rings. The Labute approximate surface area is 173 Å². The van der Waals surface area contributed by atoms with Gasteiger partial charge in [-0.2, -0.15) is 0 Å². The molecule has 2 heterocycles. The van der Waals surface area contributed by atoms with Crippen molar-refractivity contribution in [1.82, 2.24) is 15.3 Å². The van der Waals surface area contributed by atoms with E-state index in [1.807, 2.05) is 20.8 Å². The van der Waals surface area contributed by atoms with Crippen LogP contribution in [-0.4, -0.2) is 22.4 Å². The van der Waals surface area contributed by atoms with Gasteiger partial charge in [0.25, 0.3) is 11.5 Å². The second-order valence-corrected chi connectivity index (χ2v) is 9.43. The molecule has 0 bridgehead atoms.